The molecule has 1 aromatic heterocycles. The summed E-state index contributed by atoms with van der Waals surface area (Å²) in [7, 11) is 0. The second-order valence-corrected chi connectivity index (χ2v) is 3.73. The van der Waals surface area contributed by atoms with E-state index in [2.05, 4.69) is 9.68 Å². The average Bonchev–Trinajstić information content (AvgIpc) is 2.78. The molecule has 0 aliphatic carbocycles. The lowest BCUT2D eigenvalue weighted by Crippen LogP contribution is -2.38. The van der Waals surface area contributed by atoms with E-state index < -0.39 is 5.97 Å². The van der Waals surface area contributed by atoms with Gasteiger partial charge in [-0.1, -0.05) is 12.1 Å². The van der Waals surface area contributed by atoms with Crippen molar-refractivity contribution in [1.82, 2.24) is 10.1 Å². The molecule has 0 aliphatic rings. The number of carboxylic acids is 1. The molecule has 6 nitrogen and oxygen atoms in total. The first-order valence-electron chi connectivity index (χ1n) is 5.52. The Kier molecular flexibility index (Phi) is 4.25. The van der Waals surface area contributed by atoms with Crippen molar-refractivity contribution in [2.75, 3.05) is 6.54 Å². The highest BCUT2D eigenvalue weighted by Gasteiger charge is 2.23. The molecule has 6 heteroatoms. The van der Waals surface area contributed by atoms with Gasteiger partial charge in [-0.15, -0.1) is 0 Å². The highest BCUT2D eigenvalue weighted by atomic mass is 16.5. The van der Waals surface area contributed by atoms with E-state index in [1.165, 1.54) is 0 Å². The number of amides is 1. The second kappa shape index (κ2) is 5.47. The maximum Gasteiger partial charge on any atom is 0.374 e. The minimum absolute atomic E-state index is 0.0320. The van der Waals surface area contributed by atoms with Gasteiger partial charge in [0.2, 0.25) is 5.76 Å². The van der Waals surface area contributed by atoms with Crippen LogP contribution in [0, 0.1) is 0 Å². The zero-order chi connectivity index (χ0) is 13.0. The third-order valence-corrected chi connectivity index (χ3v) is 2.66. The van der Waals surface area contributed by atoms with Gasteiger partial charge in [-0.25, -0.2) is 4.79 Å². The number of hydrogen-bond donors (Lipinski definition) is 1. The van der Waals surface area contributed by atoms with E-state index in [1.807, 2.05) is 20.8 Å². The van der Waals surface area contributed by atoms with Crippen molar-refractivity contribution in [2.24, 2.45) is 0 Å². The number of carboxylic acid groups (broad SMARTS) is 1. The number of carbonyl (C=O) groups excluding carboxylic acids is 1. The fourth-order valence-corrected chi connectivity index (χ4v) is 1.50. The minimum atomic E-state index is -1.23. The molecule has 1 unspecified atom stereocenters. The molecule has 94 valence electrons. The van der Waals surface area contributed by atoms with Crippen LogP contribution in [0.3, 0.4) is 0 Å². The standard InChI is InChI=1S/C11H16N2O4/c1-4-7(3)13(5-2)10(14)8-6-9(11(15)16)17-12-8/h6-7H,4-5H2,1-3H3,(H,15,16). The third-order valence-electron chi connectivity index (χ3n) is 2.66. The molecule has 0 saturated carbocycles. The van der Waals surface area contributed by atoms with Crippen LogP contribution in [-0.2, 0) is 0 Å². The largest absolute Gasteiger partial charge is 0.475 e. The molecule has 1 N–H and O–H groups in total. The summed E-state index contributed by atoms with van der Waals surface area (Å²) in [5.74, 6) is -1.87. The van der Waals surface area contributed by atoms with E-state index in [-0.39, 0.29) is 23.4 Å². The van der Waals surface area contributed by atoms with Crippen molar-refractivity contribution in [3.63, 3.8) is 0 Å². The highest BCUT2D eigenvalue weighted by molar-refractivity contribution is 5.95. The van der Waals surface area contributed by atoms with E-state index in [1.54, 1.807) is 4.90 Å². The summed E-state index contributed by atoms with van der Waals surface area (Å²) in [6.45, 7) is 6.32. The number of rotatable bonds is 5. The molecule has 1 rings (SSSR count). The van der Waals surface area contributed by atoms with Crippen LogP contribution in [0.4, 0.5) is 0 Å². The zero-order valence-corrected chi connectivity index (χ0v) is 10.1. The summed E-state index contributed by atoms with van der Waals surface area (Å²) in [5, 5.41) is 12.1. The average molecular weight is 240 g/mol. The van der Waals surface area contributed by atoms with Crippen LogP contribution in [0.1, 0.15) is 48.2 Å². The Balaban J connectivity index is 2.90. The first kappa shape index (κ1) is 13.2. The van der Waals surface area contributed by atoms with Gasteiger partial charge in [0.1, 0.15) is 0 Å². The van der Waals surface area contributed by atoms with Gasteiger partial charge in [0.25, 0.3) is 5.91 Å². The molecule has 0 aliphatic heterocycles. The number of carbonyl (C=O) groups is 2. The highest BCUT2D eigenvalue weighted by Crippen LogP contribution is 2.11. The summed E-state index contributed by atoms with van der Waals surface area (Å²) in [5.41, 5.74) is 0.0320. The molecule has 1 aromatic rings. The molecular formula is C11H16N2O4. The maximum atomic E-state index is 12.0. The summed E-state index contributed by atoms with van der Waals surface area (Å²) in [4.78, 5) is 24.3. The van der Waals surface area contributed by atoms with E-state index in [9.17, 15) is 9.59 Å². The molecule has 0 fully saturated rings. The monoisotopic (exact) mass is 240 g/mol. The van der Waals surface area contributed by atoms with Crippen LogP contribution in [0.2, 0.25) is 0 Å². The van der Waals surface area contributed by atoms with E-state index in [0.29, 0.717) is 6.54 Å². The summed E-state index contributed by atoms with van der Waals surface area (Å²) in [6, 6.07) is 1.23. The molecular weight excluding hydrogens is 224 g/mol. The maximum absolute atomic E-state index is 12.0. The molecule has 0 aromatic carbocycles. The number of hydrogen-bond acceptors (Lipinski definition) is 4. The van der Waals surface area contributed by atoms with Crippen molar-refractivity contribution < 1.29 is 19.2 Å². The van der Waals surface area contributed by atoms with Gasteiger partial charge in [-0.3, -0.25) is 4.79 Å². The van der Waals surface area contributed by atoms with Crippen molar-refractivity contribution in [2.45, 2.75) is 33.2 Å². The molecule has 0 spiro atoms. The molecule has 1 atom stereocenters. The smallest absolute Gasteiger partial charge is 0.374 e. The van der Waals surface area contributed by atoms with E-state index in [4.69, 9.17) is 5.11 Å². The molecule has 1 heterocycles. The zero-order valence-electron chi connectivity index (χ0n) is 10.1. The van der Waals surface area contributed by atoms with Crippen LogP contribution in [0.15, 0.2) is 10.6 Å². The normalized spacial score (nSPS) is 12.2. The molecule has 0 bridgehead atoms. The lowest BCUT2D eigenvalue weighted by atomic mass is 10.2. The van der Waals surface area contributed by atoms with Crippen LogP contribution >= 0.6 is 0 Å². The van der Waals surface area contributed by atoms with Gasteiger partial charge in [0.05, 0.1) is 0 Å². The van der Waals surface area contributed by atoms with E-state index in [0.717, 1.165) is 12.5 Å². The predicted molar refractivity (Wildman–Crippen MR) is 59.9 cm³/mol. The summed E-state index contributed by atoms with van der Waals surface area (Å²) in [6.07, 6.45) is 0.823. The van der Waals surface area contributed by atoms with Crippen molar-refractivity contribution in [3.05, 3.63) is 17.5 Å². The molecule has 17 heavy (non-hydrogen) atoms. The van der Waals surface area contributed by atoms with Crippen molar-refractivity contribution in [1.29, 1.82) is 0 Å². The number of aromatic nitrogens is 1. The third kappa shape index (κ3) is 2.83. The lowest BCUT2D eigenvalue weighted by Gasteiger charge is -2.26. The van der Waals surface area contributed by atoms with Gasteiger partial charge in [0.15, 0.2) is 5.69 Å². The molecule has 1 amide bonds. The van der Waals surface area contributed by atoms with Crippen molar-refractivity contribution in [3.8, 4) is 0 Å². The fraction of sp³-hybridized carbons (Fsp3) is 0.545. The van der Waals surface area contributed by atoms with Gasteiger partial charge >= 0.3 is 5.97 Å². The second-order valence-electron chi connectivity index (χ2n) is 3.73. The SMILES string of the molecule is CCC(C)N(CC)C(=O)c1cc(C(=O)O)on1. The Morgan fingerprint density at radius 2 is 2.18 bits per heavy atom. The van der Waals surface area contributed by atoms with Gasteiger partial charge in [0, 0.05) is 18.7 Å². The van der Waals surface area contributed by atoms with Crippen LogP contribution < -0.4 is 0 Å². The Hall–Kier alpha value is -1.85. The van der Waals surface area contributed by atoms with Crippen LogP contribution in [0.25, 0.3) is 0 Å². The Morgan fingerprint density at radius 3 is 2.59 bits per heavy atom. The first-order valence-corrected chi connectivity index (χ1v) is 5.52. The van der Waals surface area contributed by atoms with Gasteiger partial charge in [-0.05, 0) is 20.3 Å². The predicted octanol–water partition coefficient (Wildman–Crippen LogP) is 1.63. The fourth-order valence-electron chi connectivity index (χ4n) is 1.50. The number of aromatic carboxylic acids is 1. The summed E-state index contributed by atoms with van der Waals surface area (Å²) < 4.78 is 4.56. The topological polar surface area (TPSA) is 83.6 Å². The van der Waals surface area contributed by atoms with Gasteiger partial charge in [-0.2, -0.15) is 0 Å². The minimum Gasteiger partial charge on any atom is -0.475 e. The molecule has 0 radical (unpaired) electrons. The van der Waals surface area contributed by atoms with Crippen molar-refractivity contribution >= 4 is 11.9 Å². The Labute approximate surface area is 99.2 Å². The summed E-state index contributed by atoms with van der Waals surface area (Å²) >= 11 is 0. The quantitative estimate of drug-likeness (QED) is 0.845. The lowest BCUT2D eigenvalue weighted by molar-refractivity contribution is 0.0644. The van der Waals surface area contributed by atoms with Crippen LogP contribution in [-0.4, -0.2) is 39.6 Å². The van der Waals surface area contributed by atoms with E-state index >= 15 is 0 Å². The number of nitrogens with zero attached hydrogens (tertiary/aromatic N) is 2. The Bertz CT molecular complexity index is 413. The first-order chi connectivity index (χ1) is 8.01. The Morgan fingerprint density at radius 1 is 1.53 bits per heavy atom. The molecule has 0 saturated heterocycles. The van der Waals surface area contributed by atoms with Gasteiger partial charge < -0.3 is 14.5 Å². The van der Waals surface area contributed by atoms with Crippen LogP contribution in [0.5, 0.6) is 0 Å².